The van der Waals surface area contributed by atoms with E-state index in [4.69, 9.17) is 27.9 Å². The zero-order valence-electron chi connectivity index (χ0n) is 17.4. The molecule has 1 heterocycles. The Morgan fingerprint density at radius 1 is 1.16 bits per heavy atom. The van der Waals surface area contributed by atoms with Gasteiger partial charge in [0.1, 0.15) is 11.3 Å². The van der Waals surface area contributed by atoms with Crippen LogP contribution in [-0.4, -0.2) is 32.3 Å². The summed E-state index contributed by atoms with van der Waals surface area (Å²) in [4.78, 5) is 42.5. The summed E-state index contributed by atoms with van der Waals surface area (Å²) in [5.41, 5.74) is -2.23. The molecule has 0 saturated heterocycles. The van der Waals surface area contributed by atoms with E-state index >= 15 is 0 Å². The van der Waals surface area contributed by atoms with Gasteiger partial charge < -0.3 is 15.2 Å². The lowest BCUT2D eigenvalue weighted by molar-refractivity contribution is -0.149. The van der Waals surface area contributed by atoms with Gasteiger partial charge in [-0.25, -0.2) is 19.0 Å². The number of aromatic nitrogens is 3. The fourth-order valence-corrected chi connectivity index (χ4v) is 3.34. The van der Waals surface area contributed by atoms with E-state index < -0.39 is 22.9 Å². The summed E-state index contributed by atoms with van der Waals surface area (Å²) in [5.74, 6) is -0.977. The summed E-state index contributed by atoms with van der Waals surface area (Å²) in [6.45, 7) is 2.81. The van der Waals surface area contributed by atoms with E-state index in [2.05, 4.69) is 10.3 Å². The molecule has 0 amide bonds. The van der Waals surface area contributed by atoms with Gasteiger partial charge in [-0.15, -0.1) is 0 Å². The lowest BCUT2D eigenvalue weighted by atomic mass is 10.1. The van der Waals surface area contributed by atoms with Crippen molar-refractivity contribution in [3.8, 4) is 5.75 Å². The largest absolute Gasteiger partial charge is 0.506 e. The second-order valence-corrected chi connectivity index (χ2v) is 8.23. The third-order valence-corrected chi connectivity index (χ3v) is 5.33. The maximum atomic E-state index is 13.4. The van der Waals surface area contributed by atoms with Crippen LogP contribution in [0, 0.1) is 0 Å². The molecule has 0 aliphatic heterocycles. The number of phenolic OH excluding ortho intramolecular Hbond substituents is 1. The van der Waals surface area contributed by atoms with Crippen LogP contribution in [0.4, 0.5) is 11.6 Å². The van der Waals surface area contributed by atoms with E-state index in [9.17, 15) is 19.5 Å². The highest BCUT2D eigenvalue weighted by Gasteiger charge is 2.35. The van der Waals surface area contributed by atoms with Crippen LogP contribution >= 0.6 is 23.2 Å². The second kappa shape index (κ2) is 9.05. The molecule has 0 aliphatic rings. The van der Waals surface area contributed by atoms with E-state index in [1.807, 2.05) is 0 Å². The quantitative estimate of drug-likeness (QED) is 0.412. The van der Waals surface area contributed by atoms with Gasteiger partial charge in [-0.1, -0.05) is 35.3 Å². The van der Waals surface area contributed by atoms with E-state index in [-0.39, 0.29) is 23.3 Å². The van der Waals surface area contributed by atoms with Crippen molar-refractivity contribution in [3.63, 3.8) is 0 Å². The minimum atomic E-state index is -1.60. The molecular formula is C21H20Cl2N4O5. The highest BCUT2D eigenvalue weighted by Crippen LogP contribution is 2.27. The Balaban J connectivity index is 2.19. The maximum absolute atomic E-state index is 13.4. The summed E-state index contributed by atoms with van der Waals surface area (Å²) < 4.78 is 6.70. The fraction of sp³-hybridized carbons (Fsp3) is 0.238. The molecule has 3 rings (SSSR count). The van der Waals surface area contributed by atoms with Gasteiger partial charge in [0, 0.05) is 10.7 Å². The lowest BCUT2D eigenvalue weighted by Crippen LogP contribution is -2.54. The molecule has 0 radical (unpaired) electrons. The number of halogens is 2. The number of carbonyl (C=O) groups excluding carboxylic acids is 1. The van der Waals surface area contributed by atoms with Crippen LogP contribution in [0.2, 0.25) is 10.0 Å². The van der Waals surface area contributed by atoms with Crippen molar-refractivity contribution in [2.75, 3.05) is 12.4 Å². The number of methoxy groups -OCH3 is 1. The number of hydrogen-bond acceptors (Lipinski definition) is 7. The molecule has 1 aromatic heterocycles. The van der Waals surface area contributed by atoms with Crippen molar-refractivity contribution in [3.05, 3.63) is 79.0 Å². The minimum absolute atomic E-state index is 0.0225. The molecule has 11 heteroatoms. The number of aromatic hydroxyl groups is 1. The molecule has 2 aromatic carbocycles. The summed E-state index contributed by atoms with van der Waals surface area (Å²) in [6.07, 6.45) is 0. The number of nitrogens with one attached hydrogen (secondary N) is 1. The van der Waals surface area contributed by atoms with Crippen LogP contribution in [0.5, 0.6) is 5.75 Å². The van der Waals surface area contributed by atoms with Crippen molar-refractivity contribution in [1.82, 2.24) is 14.1 Å². The molecule has 0 aliphatic carbocycles. The van der Waals surface area contributed by atoms with E-state index in [1.54, 1.807) is 24.3 Å². The summed E-state index contributed by atoms with van der Waals surface area (Å²) >= 11 is 11.9. The monoisotopic (exact) mass is 478 g/mol. The number of carbonyl (C=O) groups is 1. The number of anilines is 2. The van der Waals surface area contributed by atoms with Crippen molar-refractivity contribution in [2.45, 2.75) is 25.9 Å². The zero-order chi connectivity index (χ0) is 23.6. The van der Waals surface area contributed by atoms with Crippen molar-refractivity contribution in [2.24, 2.45) is 0 Å². The number of ether oxygens (including phenoxy) is 1. The number of phenols is 1. The highest BCUT2D eigenvalue weighted by atomic mass is 35.5. The Morgan fingerprint density at radius 3 is 2.41 bits per heavy atom. The van der Waals surface area contributed by atoms with E-state index in [0.29, 0.717) is 16.3 Å². The molecule has 9 nitrogen and oxygen atoms in total. The first-order chi connectivity index (χ1) is 15.0. The summed E-state index contributed by atoms with van der Waals surface area (Å²) in [6, 6.07) is 11.0. The smallest absolute Gasteiger partial charge is 0.355 e. The van der Waals surface area contributed by atoms with Crippen LogP contribution in [-0.2, 0) is 21.6 Å². The SMILES string of the molecule is COC(=O)C(C)(C)n1c(=O)nc(Nc2ccc(O)c(Cl)c2)n(Cc2ccc(Cl)cc2)c1=O. The van der Waals surface area contributed by atoms with Gasteiger partial charge in [0.05, 0.1) is 18.7 Å². The van der Waals surface area contributed by atoms with Crippen molar-refractivity contribution in [1.29, 1.82) is 0 Å². The normalized spacial score (nSPS) is 11.3. The number of benzene rings is 2. The Hall–Kier alpha value is -3.30. The molecule has 0 atom stereocenters. The zero-order valence-corrected chi connectivity index (χ0v) is 18.9. The molecule has 32 heavy (non-hydrogen) atoms. The highest BCUT2D eigenvalue weighted by molar-refractivity contribution is 6.32. The predicted octanol–water partition coefficient (Wildman–Crippen LogP) is 3.12. The molecule has 2 N–H and O–H groups in total. The molecular weight excluding hydrogens is 459 g/mol. The lowest BCUT2D eigenvalue weighted by Gasteiger charge is -2.25. The van der Waals surface area contributed by atoms with Gasteiger partial charge in [0.15, 0.2) is 0 Å². The number of nitrogens with zero attached hydrogens (tertiary/aromatic N) is 3. The first-order valence-electron chi connectivity index (χ1n) is 9.37. The van der Waals surface area contributed by atoms with Gasteiger partial charge >= 0.3 is 17.3 Å². The maximum Gasteiger partial charge on any atom is 0.355 e. The average molecular weight is 479 g/mol. The van der Waals surface area contributed by atoms with Gasteiger partial charge in [0.2, 0.25) is 5.95 Å². The molecule has 0 saturated carbocycles. The topological polar surface area (TPSA) is 115 Å². The van der Waals surface area contributed by atoms with Crippen LogP contribution in [0.15, 0.2) is 52.1 Å². The minimum Gasteiger partial charge on any atom is -0.506 e. The van der Waals surface area contributed by atoms with Gasteiger partial charge in [-0.3, -0.25) is 4.57 Å². The Bertz CT molecular complexity index is 1280. The molecule has 0 bridgehead atoms. The van der Waals surface area contributed by atoms with Crippen molar-refractivity contribution >= 4 is 40.8 Å². The molecule has 0 spiro atoms. The van der Waals surface area contributed by atoms with E-state index in [1.165, 1.54) is 43.7 Å². The molecule has 0 unspecified atom stereocenters. The third kappa shape index (κ3) is 4.63. The summed E-state index contributed by atoms with van der Waals surface area (Å²) in [5, 5.41) is 13.1. The number of rotatable bonds is 6. The predicted molar refractivity (Wildman–Crippen MR) is 121 cm³/mol. The first kappa shape index (κ1) is 23.4. The molecule has 0 fully saturated rings. The molecule has 168 valence electrons. The van der Waals surface area contributed by atoms with Gasteiger partial charge in [-0.05, 0) is 49.7 Å². The fourth-order valence-electron chi connectivity index (χ4n) is 3.04. The third-order valence-electron chi connectivity index (χ3n) is 4.77. The standard InChI is InChI=1S/C21H20Cl2N4O5/c1-21(2,17(29)32-3)27-19(30)25-18(24-14-8-9-16(28)15(23)10-14)26(20(27)31)11-12-4-6-13(22)7-5-12/h4-10,28H,11H2,1-3H3,(H,24,25,30). The van der Waals surface area contributed by atoms with Crippen LogP contribution in [0.25, 0.3) is 0 Å². The second-order valence-electron chi connectivity index (χ2n) is 7.39. The first-order valence-corrected chi connectivity index (χ1v) is 10.1. The van der Waals surface area contributed by atoms with Crippen molar-refractivity contribution < 1.29 is 14.6 Å². The van der Waals surface area contributed by atoms with Crippen LogP contribution < -0.4 is 16.7 Å². The van der Waals surface area contributed by atoms with Crippen LogP contribution in [0.1, 0.15) is 19.4 Å². The van der Waals surface area contributed by atoms with Crippen LogP contribution in [0.3, 0.4) is 0 Å². The Labute approximate surface area is 192 Å². The number of hydrogen-bond donors (Lipinski definition) is 2. The number of esters is 1. The van der Waals surface area contributed by atoms with E-state index in [0.717, 1.165) is 4.57 Å². The van der Waals surface area contributed by atoms with Gasteiger partial charge in [-0.2, -0.15) is 4.98 Å². The molecule has 3 aromatic rings. The van der Waals surface area contributed by atoms with Gasteiger partial charge in [0.25, 0.3) is 0 Å². The Morgan fingerprint density at radius 2 is 1.81 bits per heavy atom. The Kier molecular flexibility index (Phi) is 6.61. The summed E-state index contributed by atoms with van der Waals surface area (Å²) in [7, 11) is 1.17. The average Bonchev–Trinajstić information content (AvgIpc) is 2.74.